The summed E-state index contributed by atoms with van der Waals surface area (Å²) in [6.07, 6.45) is 3.73. The molecule has 0 spiro atoms. The normalized spacial score (nSPS) is 10.7. The summed E-state index contributed by atoms with van der Waals surface area (Å²) >= 11 is 0. The quantitative estimate of drug-likeness (QED) is 0.249. The zero-order chi connectivity index (χ0) is 23.5. The van der Waals surface area contributed by atoms with Gasteiger partial charge >= 0.3 is 0 Å². The van der Waals surface area contributed by atoms with Crippen molar-refractivity contribution < 1.29 is 0 Å². The Morgan fingerprint density at radius 3 is 1.41 bits per heavy atom. The fourth-order valence-corrected chi connectivity index (χ4v) is 4.27. The van der Waals surface area contributed by atoms with Gasteiger partial charge in [-0.3, -0.25) is 0 Å². The summed E-state index contributed by atoms with van der Waals surface area (Å²) in [4.78, 5) is 0. The third-order valence-corrected chi connectivity index (χ3v) is 6.38. The van der Waals surface area contributed by atoms with Gasteiger partial charge < -0.3 is 0 Å². The van der Waals surface area contributed by atoms with Crippen LogP contribution in [0.25, 0.3) is 50.8 Å². The van der Waals surface area contributed by atoms with Gasteiger partial charge in [-0.2, -0.15) is 0 Å². The smallest absolute Gasteiger partial charge is 0.0177 e. The van der Waals surface area contributed by atoms with Crippen molar-refractivity contribution in [2.24, 2.45) is 0 Å². The second-order valence-corrected chi connectivity index (χ2v) is 8.48. The lowest BCUT2D eigenvalue weighted by atomic mass is 9.94. The van der Waals surface area contributed by atoms with Crippen LogP contribution in [0.3, 0.4) is 0 Å². The first-order valence-electron chi connectivity index (χ1n) is 11.4. The molecule has 0 heteroatoms. The molecule has 0 saturated heterocycles. The zero-order valence-electron chi connectivity index (χ0n) is 19.2. The van der Waals surface area contributed by atoms with E-state index in [2.05, 4.69) is 129 Å². The maximum atomic E-state index is 4.39. The van der Waals surface area contributed by atoms with Crippen LogP contribution in [0.1, 0.15) is 22.3 Å². The first-order chi connectivity index (χ1) is 16.6. The van der Waals surface area contributed by atoms with Crippen LogP contribution in [0.2, 0.25) is 0 Å². The van der Waals surface area contributed by atoms with Gasteiger partial charge in [0.05, 0.1) is 0 Å². The maximum Gasteiger partial charge on any atom is -0.0177 e. The number of hydrogen-bond acceptors (Lipinski definition) is 0. The van der Waals surface area contributed by atoms with Crippen molar-refractivity contribution in [3.05, 3.63) is 151 Å². The van der Waals surface area contributed by atoms with Crippen LogP contribution in [-0.4, -0.2) is 0 Å². The molecule has 0 heterocycles. The summed E-state index contributed by atoms with van der Waals surface area (Å²) in [5, 5.41) is 2.43. The number of fused-ring (bicyclic) bond motifs is 1. The van der Waals surface area contributed by atoms with Crippen molar-refractivity contribution in [1.29, 1.82) is 0 Å². The summed E-state index contributed by atoms with van der Waals surface area (Å²) in [5.41, 5.74) is 10.4. The molecule has 162 valence electrons. The molecule has 0 aliphatic carbocycles. The van der Waals surface area contributed by atoms with Gasteiger partial charge in [-0.15, -0.1) is 0 Å². The van der Waals surface area contributed by atoms with E-state index in [1.54, 1.807) is 0 Å². The van der Waals surface area contributed by atoms with Crippen LogP contribution in [0.4, 0.5) is 0 Å². The van der Waals surface area contributed by atoms with Crippen molar-refractivity contribution in [3.63, 3.8) is 0 Å². The Kier molecular flexibility index (Phi) is 5.81. The molecule has 0 N–H and O–H groups in total. The average Bonchev–Trinajstić information content (AvgIpc) is 2.92. The summed E-state index contributed by atoms with van der Waals surface area (Å²) in [6, 6.07) is 38.8. The summed E-state index contributed by atoms with van der Waals surface area (Å²) < 4.78 is 0. The van der Waals surface area contributed by atoms with Gasteiger partial charge in [0.15, 0.2) is 0 Å². The Bertz CT molecular complexity index is 1500. The van der Waals surface area contributed by atoms with Crippen LogP contribution < -0.4 is 0 Å². The predicted molar refractivity (Wildman–Crippen MR) is 150 cm³/mol. The Morgan fingerprint density at radius 2 is 0.853 bits per heavy atom. The van der Waals surface area contributed by atoms with Crippen molar-refractivity contribution >= 4 is 28.5 Å². The van der Waals surface area contributed by atoms with Gasteiger partial charge in [0.1, 0.15) is 0 Å². The van der Waals surface area contributed by atoms with E-state index in [1.165, 1.54) is 33.0 Å². The van der Waals surface area contributed by atoms with E-state index in [1.807, 2.05) is 12.2 Å². The minimum atomic E-state index is 1.03. The Morgan fingerprint density at radius 1 is 0.441 bits per heavy atom. The van der Waals surface area contributed by atoms with Crippen molar-refractivity contribution in [3.8, 4) is 22.3 Å². The van der Waals surface area contributed by atoms with Crippen LogP contribution in [0, 0.1) is 0 Å². The third kappa shape index (κ3) is 4.27. The molecule has 0 fully saturated rings. The van der Waals surface area contributed by atoms with E-state index in [0.29, 0.717) is 0 Å². The molecular weight excluding hydrogens is 408 g/mol. The molecule has 0 aliphatic rings. The zero-order valence-corrected chi connectivity index (χ0v) is 19.2. The summed E-state index contributed by atoms with van der Waals surface area (Å²) in [5.74, 6) is 0. The lowest BCUT2D eigenvalue weighted by molar-refractivity contribution is 1.55. The monoisotopic (exact) mass is 434 g/mol. The Labute approximate surface area is 201 Å². The van der Waals surface area contributed by atoms with E-state index >= 15 is 0 Å². The highest BCUT2D eigenvalue weighted by Gasteiger charge is 2.06. The van der Waals surface area contributed by atoms with Gasteiger partial charge in [-0.05, 0) is 73.0 Å². The first-order valence-corrected chi connectivity index (χ1v) is 11.4. The lowest BCUT2D eigenvalue weighted by Crippen LogP contribution is -1.88. The molecule has 0 bridgehead atoms. The molecule has 5 aromatic rings. The largest absolute Gasteiger partial charge is 0.0985 e. The third-order valence-electron chi connectivity index (χ3n) is 6.38. The molecule has 5 aromatic carbocycles. The first kappa shape index (κ1) is 21.4. The van der Waals surface area contributed by atoms with Gasteiger partial charge in [0.25, 0.3) is 0 Å². The molecule has 0 aromatic heterocycles. The van der Waals surface area contributed by atoms with E-state index < -0.39 is 0 Å². The summed E-state index contributed by atoms with van der Waals surface area (Å²) in [6.45, 7) is 12.0. The lowest BCUT2D eigenvalue weighted by Gasteiger charge is -2.11. The molecule has 0 amide bonds. The highest BCUT2D eigenvalue weighted by Crippen LogP contribution is 2.30. The molecule has 0 unspecified atom stereocenters. The number of benzene rings is 5. The topological polar surface area (TPSA) is 0 Å². The molecule has 0 aliphatic heterocycles. The molecule has 0 atom stereocenters. The second-order valence-electron chi connectivity index (χ2n) is 8.48. The molecule has 0 radical (unpaired) electrons. The minimum Gasteiger partial charge on any atom is -0.0985 e. The predicted octanol–water partition coefficient (Wildman–Crippen LogP) is 9.52. The maximum absolute atomic E-state index is 4.39. The van der Waals surface area contributed by atoms with Crippen molar-refractivity contribution in [2.45, 2.75) is 0 Å². The summed E-state index contributed by atoms with van der Waals surface area (Å²) in [7, 11) is 0. The highest BCUT2D eigenvalue weighted by molar-refractivity contribution is 5.92. The minimum absolute atomic E-state index is 1.03. The molecule has 0 saturated carbocycles. The van der Waals surface area contributed by atoms with E-state index in [0.717, 1.165) is 27.8 Å². The Hall–Kier alpha value is -4.42. The molecule has 34 heavy (non-hydrogen) atoms. The van der Waals surface area contributed by atoms with Crippen LogP contribution in [0.15, 0.2) is 129 Å². The standard InChI is InChI=1S/C34H26/c1-4-25-6-10-28(11-7-25)29-16-14-27(15-17-29)24(3)31-18-19-34-23-32(20-21-33(34)22-31)30-12-8-26(5-2)9-13-30/h4-23H,1-3H2. The van der Waals surface area contributed by atoms with Gasteiger partial charge in [0.2, 0.25) is 0 Å². The van der Waals surface area contributed by atoms with Crippen LogP contribution in [-0.2, 0) is 0 Å². The SMILES string of the molecule is C=Cc1ccc(-c2ccc(C(=C)c3ccc4cc(-c5ccc(C=C)cc5)ccc4c3)cc2)cc1. The van der Waals surface area contributed by atoms with E-state index in [-0.39, 0.29) is 0 Å². The molecule has 5 rings (SSSR count). The van der Waals surface area contributed by atoms with Gasteiger partial charge in [-0.25, -0.2) is 0 Å². The van der Waals surface area contributed by atoms with Gasteiger partial charge in [-0.1, -0.05) is 129 Å². The van der Waals surface area contributed by atoms with E-state index in [4.69, 9.17) is 0 Å². The second kappa shape index (κ2) is 9.21. The van der Waals surface area contributed by atoms with Crippen molar-refractivity contribution in [1.82, 2.24) is 0 Å². The number of hydrogen-bond donors (Lipinski definition) is 0. The van der Waals surface area contributed by atoms with Gasteiger partial charge in [0, 0.05) is 0 Å². The highest BCUT2D eigenvalue weighted by atomic mass is 14.1. The average molecular weight is 435 g/mol. The fourth-order valence-electron chi connectivity index (χ4n) is 4.27. The van der Waals surface area contributed by atoms with Crippen LogP contribution >= 0.6 is 0 Å². The fraction of sp³-hybridized carbons (Fsp3) is 0. The number of rotatable bonds is 6. The molecule has 0 nitrogen and oxygen atoms in total. The van der Waals surface area contributed by atoms with E-state index in [9.17, 15) is 0 Å². The van der Waals surface area contributed by atoms with Crippen LogP contribution in [0.5, 0.6) is 0 Å². The molecular formula is C34H26. The Balaban J connectivity index is 1.39. The van der Waals surface area contributed by atoms with Crippen molar-refractivity contribution in [2.75, 3.05) is 0 Å².